The lowest BCUT2D eigenvalue weighted by atomic mass is 10.1. The van der Waals surface area contributed by atoms with Crippen molar-refractivity contribution < 1.29 is 4.52 Å². The van der Waals surface area contributed by atoms with Crippen molar-refractivity contribution in [1.82, 2.24) is 15.8 Å². The minimum absolute atomic E-state index is 0.366. The smallest absolute Gasteiger partial charge is 0.191 e. The molecular formula is C17H23BrN4O. The summed E-state index contributed by atoms with van der Waals surface area (Å²) in [7, 11) is 1.75. The number of rotatable bonds is 5. The van der Waals surface area contributed by atoms with Crippen LogP contribution >= 0.6 is 15.9 Å². The first-order valence-corrected chi connectivity index (χ1v) is 8.44. The number of benzene rings is 1. The summed E-state index contributed by atoms with van der Waals surface area (Å²) in [5.41, 5.74) is 3.44. The minimum atomic E-state index is 0.366. The number of guanidine groups is 1. The molecule has 0 aliphatic heterocycles. The lowest BCUT2D eigenvalue weighted by Gasteiger charge is -2.12. The van der Waals surface area contributed by atoms with Crippen LogP contribution in [0.4, 0.5) is 0 Å². The molecule has 0 bridgehead atoms. The number of nitrogens with one attached hydrogen (secondary N) is 2. The van der Waals surface area contributed by atoms with Crippen molar-refractivity contribution in [3.63, 3.8) is 0 Å². The molecule has 0 aliphatic carbocycles. The summed E-state index contributed by atoms with van der Waals surface area (Å²) in [6.45, 7) is 7.55. The number of halogens is 1. The van der Waals surface area contributed by atoms with Crippen molar-refractivity contribution in [3.8, 4) is 0 Å². The van der Waals surface area contributed by atoms with Crippen molar-refractivity contribution in [2.24, 2.45) is 4.99 Å². The van der Waals surface area contributed by atoms with Gasteiger partial charge in [0.15, 0.2) is 11.7 Å². The van der Waals surface area contributed by atoms with Gasteiger partial charge in [-0.15, -0.1) is 0 Å². The standard InChI is InChI=1S/C17H23BrN4O/c1-11(2)16-8-15(23-22-16)10-21-17(19-4)20-9-13-5-6-14(18)7-12(13)3/h5-8,11H,9-10H2,1-4H3,(H2,19,20,21). The van der Waals surface area contributed by atoms with Crippen molar-refractivity contribution in [2.75, 3.05) is 7.05 Å². The Balaban J connectivity index is 1.88. The summed E-state index contributed by atoms with van der Waals surface area (Å²) in [5.74, 6) is 1.90. The van der Waals surface area contributed by atoms with Gasteiger partial charge in [-0.2, -0.15) is 0 Å². The lowest BCUT2D eigenvalue weighted by molar-refractivity contribution is 0.372. The van der Waals surface area contributed by atoms with Gasteiger partial charge < -0.3 is 15.2 Å². The number of hydrogen-bond acceptors (Lipinski definition) is 3. The maximum Gasteiger partial charge on any atom is 0.191 e. The van der Waals surface area contributed by atoms with E-state index in [0.29, 0.717) is 19.0 Å². The van der Waals surface area contributed by atoms with E-state index in [0.717, 1.165) is 21.9 Å². The van der Waals surface area contributed by atoms with Crippen LogP contribution in [0.2, 0.25) is 0 Å². The third-order valence-electron chi connectivity index (χ3n) is 3.57. The Morgan fingerprint density at radius 2 is 2.00 bits per heavy atom. The minimum Gasteiger partial charge on any atom is -0.359 e. The fourth-order valence-corrected chi connectivity index (χ4v) is 2.59. The zero-order valence-corrected chi connectivity index (χ0v) is 15.6. The van der Waals surface area contributed by atoms with E-state index in [1.165, 1.54) is 11.1 Å². The third-order valence-corrected chi connectivity index (χ3v) is 4.07. The molecule has 0 radical (unpaired) electrons. The predicted octanol–water partition coefficient (Wildman–Crippen LogP) is 3.73. The molecule has 0 spiro atoms. The number of aryl methyl sites for hydroxylation is 1. The van der Waals surface area contributed by atoms with Crippen molar-refractivity contribution >= 4 is 21.9 Å². The second-order valence-corrected chi connectivity index (χ2v) is 6.64. The zero-order chi connectivity index (χ0) is 16.8. The molecule has 6 heteroatoms. The first-order valence-electron chi connectivity index (χ1n) is 7.64. The molecule has 2 aromatic rings. The molecule has 1 aromatic heterocycles. The SMILES string of the molecule is CN=C(NCc1cc(C(C)C)no1)NCc1ccc(Br)cc1C. The molecular weight excluding hydrogens is 356 g/mol. The predicted molar refractivity (Wildman–Crippen MR) is 96.5 cm³/mol. The maximum atomic E-state index is 5.32. The van der Waals surface area contributed by atoms with Crippen LogP contribution < -0.4 is 10.6 Å². The van der Waals surface area contributed by atoms with Gasteiger partial charge in [-0.05, 0) is 36.1 Å². The topological polar surface area (TPSA) is 62.5 Å². The van der Waals surface area contributed by atoms with Gasteiger partial charge in [0.25, 0.3) is 0 Å². The molecule has 124 valence electrons. The molecule has 0 saturated carbocycles. The number of hydrogen-bond donors (Lipinski definition) is 2. The second-order valence-electron chi connectivity index (χ2n) is 5.72. The summed E-state index contributed by atoms with van der Waals surface area (Å²) in [6.07, 6.45) is 0. The molecule has 0 saturated heterocycles. The first-order chi connectivity index (χ1) is 11.0. The second kappa shape index (κ2) is 8.15. The van der Waals surface area contributed by atoms with Crippen LogP contribution in [-0.2, 0) is 13.1 Å². The molecule has 23 heavy (non-hydrogen) atoms. The molecule has 0 fully saturated rings. The molecule has 2 rings (SSSR count). The highest BCUT2D eigenvalue weighted by Gasteiger charge is 2.08. The monoisotopic (exact) mass is 378 g/mol. The molecule has 0 atom stereocenters. The van der Waals surface area contributed by atoms with E-state index >= 15 is 0 Å². The zero-order valence-electron chi connectivity index (χ0n) is 14.0. The van der Waals surface area contributed by atoms with E-state index in [1.54, 1.807) is 7.05 Å². The van der Waals surface area contributed by atoms with E-state index in [4.69, 9.17) is 4.52 Å². The quantitative estimate of drug-likeness (QED) is 0.614. The average molecular weight is 379 g/mol. The van der Waals surface area contributed by atoms with Gasteiger partial charge in [0, 0.05) is 24.1 Å². The van der Waals surface area contributed by atoms with E-state index in [9.17, 15) is 0 Å². The first kappa shape index (κ1) is 17.5. The van der Waals surface area contributed by atoms with Crippen LogP contribution in [-0.4, -0.2) is 18.2 Å². The highest BCUT2D eigenvalue weighted by molar-refractivity contribution is 9.10. The summed E-state index contributed by atoms with van der Waals surface area (Å²) in [4.78, 5) is 4.23. The van der Waals surface area contributed by atoms with Gasteiger partial charge >= 0.3 is 0 Å². The van der Waals surface area contributed by atoms with Gasteiger partial charge in [-0.1, -0.05) is 41.0 Å². The van der Waals surface area contributed by atoms with Gasteiger partial charge in [-0.25, -0.2) is 0 Å². The van der Waals surface area contributed by atoms with Crippen LogP contribution in [0.5, 0.6) is 0 Å². The molecule has 0 amide bonds. The number of aliphatic imine (C=N–C) groups is 1. The van der Waals surface area contributed by atoms with Crippen molar-refractivity contribution in [1.29, 1.82) is 0 Å². The Labute approximate surface area is 145 Å². The van der Waals surface area contributed by atoms with Crippen LogP contribution in [0, 0.1) is 6.92 Å². The average Bonchev–Trinajstić information content (AvgIpc) is 2.98. The van der Waals surface area contributed by atoms with Crippen molar-refractivity contribution in [3.05, 3.63) is 51.3 Å². The third kappa shape index (κ3) is 5.10. The largest absolute Gasteiger partial charge is 0.359 e. The lowest BCUT2D eigenvalue weighted by Crippen LogP contribution is -2.36. The summed E-state index contributed by atoms with van der Waals surface area (Å²) in [5, 5.41) is 10.6. The Hall–Kier alpha value is -1.82. The Kier molecular flexibility index (Phi) is 6.21. The number of aromatic nitrogens is 1. The van der Waals surface area contributed by atoms with Crippen molar-refractivity contribution in [2.45, 2.75) is 39.8 Å². The normalized spacial score (nSPS) is 11.8. The Bertz CT molecular complexity index is 679. The summed E-state index contributed by atoms with van der Waals surface area (Å²) < 4.78 is 6.41. The summed E-state index contributed by atoms with van der Waals surface area (Å²) in [6, 6.07) is 8.23. The van der Waals surface area contributed by atoms with E-state index in [1.807, 2.05) is 12.1 Å². The van der Waals surface area contributed by atoms with Crippen LogP contribution in [0.3, 0.4) is 0 Å². The molecule has 2 N–H and O–H groups in total. The van der Waals surface area contributed by atoms with Gasteiger partial charge in [0.2, 0.25) is 0 Å². The highest BCUT2D eigenvalue weighted by atomic mass is 79.9. The van der Waals surface area contributed by atoms with E-state index < -0.39 is 0 Å². The molecule has 1 heterocycles. The summed E-state index contributed by atoms with van der Waals surface area (Å²) >= 11 is 3.48. The molecule has 1 aromatic carbocycles. The van der Waals surface area contributed by atoms with Crippen LogP contribution in [0.1, 0.15) is 42.3 Å². The molecule has 5 nitrogen and oxygen atoms in total. The molecule has 0 unspecified atom stereocenters. The van der Waals surface area contributed by atoms with Crippen LogP contribution in [0.15, 0.2) is 38.3 Å². The Morgan fingerprint density at radius 1 is 1.26 bits per heavy atom. The fourth-order valence-electron chi connectivity index (χ4n) is 2.11. The van der Waals surface area contributed by atoms with E-state index in [-0.39, 0.29) is 0 Å². The van der Waals surface area contributed by atoms with E-state index in [2.05, 4.69) is 69.6 Å². The van der Waals surface area contributed by atoms with Gasteiger partial charge in [0.05, 0.1) is 12.2 Å². The van der Waals surface area contributed by atoms with Gasteiger partial charge in [-0.3, -0.25) is 4.99 Å². The highest BCUT2D eigenvalue weighted by Crippen LogP contribution is 2.16. The molecule has 0 aliphatic rings. The maximum absolute atomic E-state index is 5.32. The fraction of sp³-hybridized carbons (Fsp3) is 0.412. The van der Waals surface area contributed by atoms with Gasteiger partial charge in [0.1, 0.15) is 0 Å². The van der Waals surface area contributed by atoms with Crippen LogP contribution in [0.25, 0.3) is 0 Å². The number of nitrogens with zero attached hydrogens (tertiary/aromatic N) is 2. The Morgan fingerprint density at radius 3 is 2.61 bits per heavy atom.